The van der Waals surface area contributed by atoms with Gasteiger partial charge in [0.1, 0.15) is 29.2 Å². The van der Waals surface area contributed by atoms with Crippen LogP contribution in [0.3, 0.4) is 0 Å². The van der Waals surface area contributed by atoms with Crippen LogP contribution in [-0.2, 0) is 17.6 Å². The minimum atomic E-state index is 0.0460. The number of allylic oxidation sites excluding steroid dienone is 6. The summed E-state index contributed by atoms with van der Waals surface area (Å²) in [6.45, 7) is 2.29. The lowest BCUT2D eigenvalue weighted by Crippen LogP contribution is -2.34. The van der Waals surface area contributed by atoms with Gasteiger partial charge in [0.25, 0.3) is 0 Å². The highest BCUT2D eigenvalue weighted by Gasteiger charge is 2.24. The van der Waals surface area contributed by atoms with Crippen molar-refractivity contribution >= 4 is 56.4 Å². The highest BCUT2D eigenvalue weighted by molar-refractivity contribution is 6.04. The zero-order valence-corrected chi connectivity index (χ0v) is 30.5. The molecule has 0 fully saturated rings. The van der Waals surface area contributed by atoms with Gasteiger partial charge in [-0.15, -0.1) is 0 Å². The molecule has 3 heterocycles. The maximum Gasteiger partial charge on any atom is 0.137 e. The molecule has 0 bridgehead atoms. The fraction of sp³-hybridized carbons (Fsp3) is 0.120. The van der Waals surface area contributed by atoms with Crippen LogP contribution in [0.5, 0.6) is 0 Å². The van der Waals surface area contributed by atoms with Crippen LogP contribution >= 0.6 is 0 Å². The molecule has 0 aromatic heterocycles. The first-order chi connectivity index (χ1) is 27.1. The van der Waals surface area contributed by atoms with Gasteiger partial charge in [-0.1, -0.05) is 97.1 Å². The second-order valence-electron chi connectivity index (χ2n) is 14.2. The van der Waals surface area contributed by atoms with E-state index in [1.54, 1.807) is 12.2 Å². The Morgan fingerprint density at radius 2 is 1.13 bits per heavy atom. The van der Waals surface area contributed by atoms with Crippen LogP contribution in [0.25, 0.3) is 33.7 Å². The third-order valence-electron chi connectivity index (χ3n) is 10.7. The predicted octanol–water partition coefficient (Wildman–Crippen LogP) is 12.0. The molecule has 9 rings (SSSR count). The maximum absolute atomic E-state index is 9.74. The number of hydrogen-bond acceptors (Lipinski definition) is 5. The Bertz CT molecular complexity index is 2580. The van der Waals surface area contributed by atoms with Gasteiger partial charge in [0, 0.05) is 40.8 Å². The summed E-state index contributed by atoms with van der Waals surface area (Å²) in [4.78, 5) is 4.88. The number of rotatable bonds is 7. The molecule has 55 heavy (non-hydrogen) atoms. The summed E-state index contributed by atoms with van der Waals surface area (Å²) in [7, 11) is 0. The van der Waals surface area contributed by atoms with Crippen molar-refractivity contribution in [3.8, 4) is 12.1 Å². The van der Waals surface area contributed by atoms with Crippen molar-refractivity contribution in [3.63, 3.8) is 0 Å². The highest BCUT2D eigenvalue weighted by Crippen LogP contribution is 2.42. The lowest BCUT2D eigenvalue weighted by Gasteiger charge is -2.37. The summed E-state index contributed by atoms with van der Waals surface area (Å²) in [5.74, 6) is 1.12. The maximum atomic E-state index is 9.74. The van der Waals surface area contributed by atoms with E-state index in [1.807, 2.05) is 18.2 Å². The van der Waals surface area contributed by atoms with Crippen molar-refractivity contribution < 1.29 is 4.74 Å². The minimum Gasteiger partial charge on any atom is -0.457 e. The van der Waals surface area contributed by atoms with Crippen LogP contribution in [0.4, 0.5) is 22.7 Å². The number of benzene rings is 6. The number of nitriles is 2. The number of aryl methyl sites for hydroxylation is 2. The van der Waals surface area contributed by atoms with Crippen molar-refractivity contribution in [2.24, 2.45) is 0 Å². The minimum absolute atomic E-state index is 0.0460. The van der Waals surface area contributed by atoms with E-state index in [0.717, 1.165) is 54.1 Å². The van der Waals surface area contributed by atoms with Gasteiger partial charge in [0.2, 0.25) is 0 Å². The van der Waals surface area contributed by atoms with E-state index in [2.05, 4.69) is 149 Å². The molecule has 3 aliphatic rings. The second-order valence-corrected chi connectivity index (χ2v) is 14.2. The summed E-state index contributed by atoms with van der Waals surface area (Å²) in [5, 5.41) is 24.2. The van der Waals surface area contributed by atoms with Crippen molar-refractivity contribution in [1.82, 2.24) is 0 Å². The molecule has 0 radical (unpaired) electrons. The Kier molecular flexibility index (Phi) is 9.04. The van der Waals surface area contributed by atoms with Gasteiger partial charge in [0.15, 0.2) is 0 Å². The molecule has 0 aliphatic carbocycles. The molecule has 0 amide bonds. The SMILES string of the molecule is N#CC(C#N)=C1C=C(/C=C/c2ccc(N(c3cccc4ccccc34)c3cccc4ccccc34)cc2)OC(/C=C/c2cc3c4c(c2)CCCN4CCC3)=C1. The molecular weight excluding hydrogens is 673 g/mol. The molecule has 3 aliphatic heterocycles. The van der Waals surface area contributed by atoms with Crippen molar-refractivity contribution in [1.29, 1.82) is 10.5 Å². The first-order valence-electron chi connectivity index (χ1n) is 18.9. The summed E-state index contributed by atoms with van der Waals surface area (Å²) in [6, 6.07) is 47.1. The van der Waals surface area contributed by atoms with Gasteiger partial charge in [-0.25, -0.2) is 0 Å². The molecule has 5 heteroatoms. The molecule has 0 unspecified atom stereocenters. The number of fused-ring (bicyclic) bond motifs is 2. The van der Waals surface area contributed by atoms with Crippen molar-refractivity contribution in [2.45, 2.75) is 25.7 Å². The number of nitrogens with zero attached hydrogens (tertiary/aromatic N) is 4. The second kappa shape index (κ2) is 14.7. The van der Waals surface area contributed by atoms with E-state index in [4.69, 9.17) is 4.74 Å². The van der Waals surface area contributed by atoms with E-state index >= 15 is 0 Å². The molecule has 6 aromatic carbocycles. The van der Waals surface area contributed by atoms with Gasteiger partial charge in [-0.2, -0.15) is 10.5 Å². The van der Waals surface area contributed by atoms with Gasteiger partial charge in [-0.05, 0) is 119 Å². The standard InChI is InChI=1S/C50H38N4O/c51-33-42(34-52)41-31-44(55-45(32-41)26-22-36-29-39-13-7-27-53-28-8-14-40(30-36)50(39)53)25-21-35-19-23-43(24-20-35)54(48-17-5-11-37-9-1-3-15-46(37)48)49-18-6-12-38-10-2-4-16-47(38)49/h1-6,9-12,15-26,29-32H,7-8,13-14,27-28H2/b25-21+,26-22+. The van der Waals surface area contributed by atoms with Crippen molar-refractivity contribution in [2.75, 3.05) is 22.9 Å². The fourth-order valence-electron chi connectivity index (χ4n) is 8.24. The molecule has 0 saturated heterocycles. The molecule has 0 N–H and O–H groups in total. The summed E-state index contributed by atoms with van der Waals surface area (Å²) in [6.07, 6.45) is 16.0. The monoisotopic (exact) mass is 710 g/mol. The lowest BCUT2D eigenvalue weighted by molar-refractivity contribution is 0.332. The van der Waals surface area contributed by atoms with Crippen molar-refractivity contribution in [3.05, 3.63) is 191 Å². The first kappa shape index (κ1) is 33.7. The van der Waals surface area contributed by atoms with E-state index < -0.39 is 0 Å². The van der Waals surface area contributed by atoms with Gasteiger partial charge >= 0.3 is 0 Å². The summed E-state index contributed by atoms with van der Waals surface area (Å²) in [5.41, 5.74) is 10.2. The number of anilines is 4. The third kappa shape index (κ3) is 6.69. The van der Waals surface area contributed by atoms with Crippen LogP contribution in [-0.4, -0.2) is 13.1 Å². The van der Waals surface area contributed by atoms with E-state index in [1.165, 1.54) is 51.2 Å². The van der Waals surface area contributed by atoms with Crippen LogP contribution in [0, 0.1) is 22.7 Å². The molecule has 0 saturated carbocycles. The Balaban J connectivity index is 1.02. The van der Waals surface area contributed by atoms with Gasteiger partial charge in [-0.3, -0.25) is 0 Å². The average Bonchev–Trinajstić information content (AvgIpc) is 3.23. The molecule has 264 valence electrons. The number of hydrogen-bond donors (Lipinski definition) is 0. The highest BCUT2D eigenvalue weighted by atomic mass is 16.5. The third-order valence-corrected chi connectivity index (χ3v) is 10.7. The Labute approximate surface area is 321 Å². The predicted molar refractivity (Wildman–Crippen MR) is 225 cm³/mol. The van der Waals surface area contributed by atoms with E-state index in [9.17, 15) is 10.5 Å². The molecule has 6 aromatic rings. The Morgan fingerprint density at radius 1 is 0.600 bits per heavy atom. The normalized spacial score (nSPS) is 14.9. The van der Waals surface area contributed by atoms with Gasteiger partial charge < -0.3 is 14.5 Å². The van der Waals surface area contributed by atoms with Gasteiger partial charge in [0.05, 0.1) is 11.4 Å². The molecular formula is C50H38N4O. The van der Waals surface area contributed by atoms with E-state index in [0.29, 0.717) is 17.1 Å². The molecule has 0 spiro atoms. The molecule has 0 atom stereocenters. The van der Waals surface area contributed by atoms with Crippen LogP contribution in [0.1, 0.15) is 35.1 Å². The fourth-order valence-corrected chi connectivity index (χ4v) is 8.24. The van der Waals surface area contributed by atoms with Crippen LogP contribution in [0.2, 0.25) is 0 Å². The van der Waals surface area contributed by atoms with Crippen LogP contribution in [0.15, 0.2) is 168 Å². The zero-order valence-electron chi connectivity index (χ0n) is 30.5. The van der Waals surface area contributed by atoms with E-state index in [-0.39, 0.29) is 5.57 Å². The summed E-state index contributed by atoms with van der Waals surface area (Å²) < 4.78 is 6.34. The van der Waals surface area contributed by atoms with Crippen LogP contribution < -0.4 is 9.80 Å². The quantitative estimate of drug-likeness (QED) is 0.154. The Hall–Kier alpha value is -7.08. The zero-order chi connectivity index (χ0) is 37.1. The average molecular weight is 711 g/mol. The first-order valence-corrected chi connectivity index (χ1v) is 18.9. The topological polar surface area (TPSA) is 63.3 Å². The summed E-state index contributed by atoms with van der Waals surface area (Å²) >= 11 is 0. The largest absolute Gasteiger partial charge is 0.457 e. The molecule has 5 nitrogen and oxygen atoms in total. The lowest BCUT2D eigenvalue weighted by atomic mass is 9.90. The number of ether oxygens (including phenoxy) is 1. The Morgan fingerprint density at radius 3 is 1.69 bits per heavy atom. The smallest absolute Gasteiger partial charge is 0.137 e.